The lowest BCUT2D eigenvalue weighted by Crippen LogP contribution is -2.70. The van der Waals surface area contributed by atoms with Crippen LogP contribution in [0, 0.1) is 0 Å². The van der Waals surface area contributed by atoms with Gasteiger partial charge >= 0.3 is 11.9 Å². The van der Waals surface area contributed by atoms with Crippen LogP contribution in [0.2, 0.25) is 0 Å². The van der Waals surface area contributed by atoms with Crippen LogP contribution in [-0.4, -0.2) is 57.1 Å². The third-order valence-corrected chi connectivity index (χ3v) is 5.85. The van der Waals surface area contributed by atoms with Crippen molar-refractivity contribution in [2.24, 2.45) is 0 Å². The monoisotopic (exact) mass is 504 g/mol. The van der Waals surface area contributed by atoms with E-state index >= 15 is 0 Å². The highest BCUT2D eigenvalue weighted by Crippen LogP contribution is 2.47. The second kappa shape index (κ2) is 9.78. The number of β-lactam (4-membered cyclic amide) rings is 1. The number of esters is 2. The van der Waals surface area contributed by atoms with Crippen molar-refractivity contribution in [1.82, 2.24) is 10.2 Å². The number of amides is 2. The van der Waals surface area contributed by atoms with Crippen LogP contribution >= 0.6 is 58.2 Å². The van der Waals surface area contributed by atoms with E-state index in [0.717, 1.165) is 16.7 Å². The van der Waals surface area contributed by atoms with E-state index < -0.39 is 39.7 Å². The average Bonchev–Trinajstić information content (AvgIpc) is 2.66. The summed E-state index contributed by atoms with van der Waals surface area (Å²) >= 11 is 23.9. The van der Waals surface area contributed by atoms with Crippen molar-refractivity contribution in [3.05, 3.63) is 21.7 Å². The van der Waals surface area contributed by atoms with Crippen LogP contribution in [0.15, 0.2) is 21.7 Å². The molecule has 29 heavy (non-hydrogen) atoms. The van der Waals surface area contributed by atoms with Crippen LogP contribution in [0.5, 0.6) is 0 Å². The maximum Gasteiger partial charge on any atom is 0.355 e. The molecule has 8 nitrogen and oxygen atoms in total. The van der Waals surface area contributed by atoms with Crippen LogP contribution in [0.3, 0.4) is 0 Å². The topological polar surface area (TPSA) is 102 Å². The van der Waals surface area contributed by atoms with Gasteiger partial charge < -0.3 is 14.8 Å². The number of halogens is 4. The zero-order chi connectivity index (χ0) is 21.9. The minimum absolute atomic E-state index is 0.166. The van der Waals surface area contributed by atoms with Crippen LogP contribution in [0.1, 0.15) is 20.3 Å². The van der Waals surface area contributed by atoms with Crippen molar-refractivity contribution in [2.75, 3.05) is 13.2 Å². The molecular weight excluding hydrogens is 490 g/mol. The standard InChI is InChI=1S/C16H16Cl4N2O6S/c1-3-10(24)21-11-13(25)22-12(15(26)28-6-16(18,19)20)8(5-27-7(2)23)9(4-17)29-14(11)22/h4,11,14H,3,5-6H2,1-2H3,(H,21,24)/t11?,14-/m0/s1. The van der Waals surface area contributed by atoms with Crippen LogP contribution in [-0.2, 0) is 28.7 Å². The number of nitrogens with zero attached hydrogens (tertiary/aromatic N) is 1. The van der Waals surface area contributed by atoms with Gasteiger partial charge in [-0.1, -0.05) is 65.1 Å². The Morgan fingerprint density at radius 2 is 1.93 bits per heavy atom. The third-order valence-electron chi connectivity index (χ3n) is 3.83. The maximum absolute atomic E-state index is 12.7. The number of hydrogen-bond acceptors (Lipinski definition) is 7. The highest BCUT2D eigenvalue weighted by atomic mass is 35.6. The summed E-state index contributed by atoms with van der Waals surface area (Å²) < 4.78 is 8.14. The number of thioether (sulfide) groups is 1. The molecule has 13 heteroatoms. The lowest BCUT2D eigenvalue weighted by atomic mass is 10.0. The van der Waals surface area contributed by atoms with E-state index in [2.05, 4.69) is 5.32 Å². The second-order valence-corrected chi connectivity index (χ2v) is 9.78. The first-order valence-corrected chi connectivity index (χ1v) is 10.6. The van der Waals surface area contributed by atoms with Gasteiger partial charge in [0, 0.05) is 29.4 Å². The summed E-state index contributed by atoms with van der Waals surface area (Å²) in [6.45, 7) is 1.93. The Hall–Kier alpha value is -1.13. The fraction of sp³-hybridized carbons (Fsp3) is 0.500. The molecule has 0 radical (unpaired) electrons. The number of carbonyl (C=O) groups excluding carboxylic acids is 4. The lowest BCUT2D eigenvalue weighted by Gasteiger charge is -2.50. The zero-order valence-electron chi connectivity index (χ0n) is 15.2. The molecule has 1 unspecified atom stereocenters. The van der Waals surface area contributed by atoms with Gasteiger partial charge in [0.1, 0.15) is 30.3 Å². The van der Waals surface area contributed by atoms with Gasteiger partial charge in [-0.05, 0) is 0 Å². The van der Waals surface area contributed by atoms with Gasteiger partial charge in [0.05, 0.1) is 0 Å². The molecular formula is C16H16Cl4N2O6S. The smallest absolute Gasteiger partial charge is 0.355 e. The molecule has 1 N–H and O–H groups in total. The Bertz CT molecular complexity index is 795. The summed E-state index contributed by atoms with van der Waals surface area (Å²) in [7, 11) is 0. The first-order chi connectivity index (χ1) is 13.5. The Morgan fingerprint density at radius 1 is 1.28 bits per heavy atom. The van der Waals surface area contributed by atoms with E-state index in [9.17, 15) is 19.2 Å². The highest BCUT2D eigenvalue weighted by molar-refractivity contribution is 8.04. The molecule has 2 aliphatic heterocycles. The van der Waals surface area contributed by atoms with E-state index in [1.807, 2.05) is 0 Å². The molecule has 0 aromatic heterocycles. The molecule has 0 aromatic carbocycles. The highest BCUT2D eigenvalue weighted by Gasteiger charge is 2.55. The van der Waals surface area contributed by atoms with Crippen molar-refractivity contribution in [3.8, 4) is 0 Å². The molecule has 2 rings (SSSR count). The fourth-order valence-electron chi connectivity index (χ4n) is 2.54. The van der Waals surface area contributed by atoms with E-state index in [-0.39, 0.29) is 30.2 Å². The molecule has 1 saturated heterocycles. The van der Waals surface area contributed by atoms with Gasteiger partial charge in [0.15, 0.2) is 0 Å². The molecule has 0 bridgehead atoms. The molecule has 2 aliphatic rings. The lowest BCUT2D eigenvalue weighted by molar-refractivity contribution is -0.153. The Kier molecular flexibility index (Phi) is 8.15. The molecule has 2 atom stereocenters. The minimum atomic E-state index is -1.86. The van der Waals surface area contributed by atoms with Gasteiger partial charge in [-0.25, -0.2) is 4.79 Å². The molecule has 2 heterocycles. The number of fused-ring (bicyclic) bond motifs is 1. The SMILES string of the molecule is CCC(=O)NC1C(=O)N2C(C(=O)OCC(Cl)(Cl)Cl)=C(COC(C)=O)C(=CCl)S[C@@H]12. The predicted molar refractivity (Wildman–Crippen MR) is 109 cm³/mol. The molecule has 0 aromatic rings. The number of carbonyl (C=O) groups is 4. The largest absolute Gasteiger partial charge is 0.461 e. The van der Waals surface area contributed by atoms with E-state index in [1.165, 1.54) is 12.5 Å². The van der Waals surface area contributed by atoms with Gasteiger partial charge in [-0.3, -0.25) is 19.3 Å². The summed E-state index contributed by atoms with van der Waals surface area (Å²) in [4.78, 5) is 49.9. The van der Waals surface area contributed by atoms with Crippen molar-refractivity contribution >= 4 is 81.9 Å². The first kappa shape index (κ1) is 24.1. The van der Waals surface area contributed by atoms with Crippen LogP contribution in [0.4, 0.5) is 0 Å². The molecule has 0 saturated carbocycles. The van der Waals surface area contributed by atoms with Crippen molar-refractivity contribution in [3.63, 3.8) is 0 Å². The zero-order valence-corrected chi connectivity index (χ0v) is 19.0. The summed E-state index contributed by atoms with van der Waals surface area (Å²) in [6.07, 6.45) is 0.186. The summed E-state index contributed by atoms with van der Waals surface area (Å²) in [5.74, 6) is -2.42. The number of hydrogen-bond donors (Lipinski definition) is 1. The van der Waals surface area contributed by atoms with E-state index in [1.54, 1.807) is 6.92 Å². The van der Waals surface area contributed by atoms with Crippen LogP contribution < -0.4 is 5.32 Å². The second-order valence-electron chi connectivity index (χ2n) is 5.89. The maximum atomic E-state index is 12.7. The van der Waals surface area contributed by atoms with Gasteiger partial charge in [0.25, 0.3) is 5.91 Å². The molecule has 1 fully saturated rings. The summed E-state index contributed by atoms with van der Waals surface area (Å²) in [5.41, 5.74) is 1.16. The van der Waals surface area contributed by atoms with E-state index in [4.69, 9.17) is 55.9 Å². The number of rotatable bonds is 6. The molecule has 160 valence electrons. The average molecular weight is 506 g/mol. The normalized spacial score (nSPS) is 22.8. The third kappa shape index (κ3) is 5.73. The molecule has 2 amide bonds. The molecule has 0 aliphatic carbocycles. The number of ether oxygens (including phenoxy) is 2. The Morgan fingerprint density at radius 3 is 2.45 bits per heavy atom. The number of alkyl halides is 3. The minimum Gasteiger partial charge on any atom is -0.461 e. The predicted octanol–water partition coefficient (Wildman–Crippen LogP) is 2.61. The molecule has 0 spiro atoms. The van der Waals surface area contributed by atoms with Crippen molar-refractivity contribution in [1.29, 1.82) is 0 Å². The van der Waals surface area contributed by atoms with Crippen molar-refractivity contribution in [2.45, 2.75) is 35.5 Å². The quantitative estimate of drug-likeness (QED) is 0.336. The summed E-state index contributed by atoms with van der Waals surface area (Å²) in [5, 5.41) is 1.96. The summed E-state index contributed by atoms with van der Waals surface area (Å²) in [6, 6.07) is -0.856. The van der Waals surface area contributed by atoms with Gasteiger partial charge in [0.2, 0.25) is 9.70 Å². The van der Waals surface area contributed by atoms with E-state index in [0.29, 0.717) is 4.91 Å². The Labute approximate surface area is 190 Å². The van der Waals surface area contributed by atoms with Crippen molar-refractivity contribution < 1.29 is 28.7 Å². The Balaban J connectivity index is 2.41. The van der Waals surface area contributed by atoms with Crippen LogP contribution in [0.25, 0.3) is 0 Å². The first-order valence-electron chi connectivity index (χ1n) is 8.20. The number of nitrogens with one attached hydrogen (secondary N) is 1. The fourth-order valence-corrected chi connectivity index (χ4v) is 4.23. The van der Waals surface area contributed by atoms with Gasteiger partial charge in [-0.15, -0.1) is 0 Å². The van der Waals surface area contributed by atoms with Gasteiger partial charge in [-0.2, -0.15) is 0 Å².